The zero-order valence-electron chi connectivity index (χ0n) is 8.16. The number of nitrogens with zero attached hydrogens (tertiary/aromatic N) is 3. The topological polar surface area (TPSA) is 47.3 Å². The first-order valence-corrected chi connectivity index (χ1v) is 4.51. The van der Waals surface area contributed by atoms with Crippen molar-refractivity contribution in [2.45, 2.75) is 19.9 Å². The van der Waals surface area contributed by atoms with Crippen molar-refractivity contribution >= 4 is 5.91 Å². The van der Waals surface area contributed by atoms with Gasteiger partial charge in [0.25, 0.3) is 0 Å². The molecule has 72 valence electrons. The van der Waals surface area contributed by atoms with Gasteiger partial charge in [-0.05, 0) is 6.92 Å². The van der Waals surface area contributed by atoms with Crippen molar-refractivity contribution in [3.63, 3.8) is 0 Å². The van der Waals surface area contributed by atoms with Crippen molar-refractivity contribution in [3.8, 4) is 6.07 Å². The van der Waals surface area contributed by atoms with E-state index in [1.54, 1.807) is 6.92 Å². The van der Waals surface area contributed by atoms with Crippen LogP contribution in [0.1, 0.15) is 13.8 Å². The van der Waals surface area contributed by atoms with Gasteiger partial charge >= 0.3 is 0 Å². The van der Waals surface area contributed by atoms with Crippen LogP contribution in [0.3, 0.4) is 0 Å². The fourth-order valence-electron chi connectivity index (χ4n) is 1.61. The second-order valence-corrected chi connectivity index (χ2v) is 3.44. The molecule has 1 saturated heterocycles. The minimum atomic E-state index is 0.128. The molecule has 0 N–H and O–H groups in total. The van der Waals surface area contributed by atoms with E-state index in [1.165, 1.54) is 0 Å². The average Bonchev–Trinajstić information content (AvgIpc) is 2.08. The molecule has 1 unspecified atom stereocenters. The molecule has 0 radical (unpaired) electrons. The predicted molar refractivity (Wildman–Crippen MR) is 48.9 cm³/mol. The number of carbonyl (C=O) groups is 1. The van der Waals surface area contributed by atoms with E-state index >= 15 is 0 Å². The molecule has 1 aliphatic heterocycles. The van der Waals surface area contributed by atoms with E-state index in [4.69, 9.17) is 5.26 Å². The molecule has 0 bridgehead atoms. The van der Waals surface area contributed by atoms with E-state index in [9.17, 15) is 4.79 Å². The van der Waals surface area contributed by atoms with Crippen LogP contribution >= 0.6 is 0 Å². The molecular formula is C9H15N3O. The Morgan fingerprint density at radius 3 is 2.77 bits per heavy atom. The average molecular weight is 181 g/mol. The van der Waals surface area contributed by atoms with Gasteiger partial charge in [0.15, 0.2) is 0 Å². The monoisotopic (exact) mass is 181 g/mol. The normalized spacial score (nSPS) is 24.1. The Morgan fingerprint density at radius 2 is 2.31 bits per heavy atom. The highest BCUT2D eigenvalue weighted by Crippen LogP contribution is 2.08. The first kappa shape index (κ1) is 10.0. The van der Waals surface area contributed by atoms with Crippen LogP contribution in [0.5, 0.6) is 0 Å². The zero-order chi connectivity index (χ0) is 9.84. The molecule has 4 heteroatoms. The highest BCUT2D eigenvalue weighted by Gasteiger charge is 2.24. The summed E-state index contributed by atoms with van der Waals surface area (Å²) in [6.07, 6.45) is 0. The summed E-state index contributed by atoms with van der Waals surface area (Å²) in [5.41, 5.74) is 0. The maximum atomic E-state index is 11.1. The Hall–Kier alpha value is -1.08. The van der Waals surface area contributed by atoms with E-state index in [1.807, 2.05) is 11.8 Å². The first-order valence-electron chi connectivity index (χ1n) is 4.51. The van der Waals surface area contributed by atoms with Crippen molar-refractivity contribution < 1.29 is 4.79 Å². The smallest absolute Gasteiger partial charge is 0.219 e. The number of nitriles is 1. The van der Waals surface area contributed by atoms with Gasteiger partial charge in [-0.1, -0.05) is 0 Å². The standard InChI is InChI=1S/C9H15N3O/c1-8-7-12(9(2)13)6-5-11(8)4-3-10/h8H,4-7H2,1-2H3. The molecule has 0 aromatic heterocycles. The summed E-state index contributed by atoms with van der Waals surface area (Å²) in [6.45, 7) is 6.42. The Kier molecular flexibility index (Phi) is 3.26. The van der Waals surface area contributed by atoms with Crippen molar-refractivity contribution in [2.75, 3.05) is 26.2 Å². The Labute approximate surface area is 78.7 Å². The fraction of sp³-hybridized carbons (Fsp3) is 0.778. The minimum absolute atomic E-state index is 0.128. The molecular weight excluding hydrogens is 166 g/mol. The lowest BCUT2D eigenvalue weighted by molar-refractivity contribution is -0.131. The molecule has 0 spiro atoms. The van der Waals surface area contributed by atoms with E-state index in [-0.39, 0.29) is 5.91 Å². The lowest BCUT2D eigenvalue weighted by atomic mass is 10.2. The van der Waals surface area contributed by atoms with E-state index in [2.05, 4.69) is 11.0 Å². The predicted octanol–water partition coefficient (Wildman–Crippen LogP) is 0.0626. The molecule has 0 aromatic rings. The lowest BCUT2D eigenvalue weighted by Crippen LogP contribution is -2.53. The number of piperazine rings is 1. The van der Waals surface area contributed by atoms with E-state index < -0.39 is 0 Å². The van der Waals surface area contributed by atoms with Crippen LogP contribution in [0, 0.1) is 11.3 Å². The summed E-state index contributed by atoms with van der Waals surface area (Å²) in [6, 6.07) is 2.44. The molecule has 1 fully saturated rings. The Bertz CT molecular complexity index is 234. The third-order valence-corrected chi connectivity index (χ3v) is 2.48. The van der Waals surface area contributed by atoms with Gasteiger partial charge in [-0.2, -0.15) is 5.26 Å². The van der Waals surface area contributed by atoms with Crippen LogP contribution in [-0.2, 0) is 4.79 Å². The van der Waals surface area contributed by atoms with Gasteiger partial charge in [0.05, 0.1) is 12.6 Å². The maximum absolute atomic E-state index is 11.1. The van der Waals surface area contributed by atoms with Gasteiger partial charge in [-0.3, -0.25) is 9.69 Å². The minimum Gasteiger partial charge on any atom is -0.340 e. The fourth-order valence-corrected chi connectivity index (χ4v) is 1.61. The van der Waals surface area contributed by atoms with Gasteiger partial charge in [0.1, 0.15) is 0 Å². The maximum Gasteiger partial charge on any atom is 0.219 e. The van der Waals surface area contributed by atoms with Gasteiger partial charge in [0, 0.05) is 32.6 Å². The molecule has 1 amide bonds. The third-order valence-electron chi connectivity index (χ3n) is 2.48. The van der Waals surface area contributed by atoms with Gasteiger partial charge < -0.3 is 4.90 Å². The molecule has 1 atom stereocenters. The molecule has 0 aromatic carbocycles. The molecule has 1 rings (SSSR count). The van der Waals surface area contributed by atoms with E-state index in [0.29, 0.717) is 12.6 Å². The largest absolute Gasteiger partial charge is 0.340 e. The first-order chi connectivity index (χ1) is 6.15. The van der Waals surface area contributed by atoms with Gasteiger partial charge in [-0.25, -0.2) is 0 Å². The third kappa shape index (κ3) is 2.43. The Morgan fingerprint density at radius 1 is 1.62 bits per heavy atom. The number of amides is 1. The molecule has 0 aliphatic carbocycles. The van der Waals surface area contributed by atoms with E-state index in [0.717, 1.165) is 19.6 Å². The highest BCUT2D eigenvalue weighted by atomic mass is 16.2. The quantitative estimate of drug-likeness (QED) is 0.537. The van der Waals surface area contributed by atoms with Crippen LogP contribution in [0.2, 0.25) is 0 Å². The van der Waals surface area contributed by atoms with Crippen LogP contribution in [0.25, 0.3) is 0 Å². The highest BCUT2D eigenvalue weighted by molar-refractivity contribution is 5.73. The van der Waals surface area contributed by atoms with Crippen LogP contribution in [0.4, 0.5) is 0 Å². The number of rotatable bonds is 1. The number of carbonyl (C=O) groups excluding carboxylic acids is 1. The summed E-state index contributed by atoms with van der Waals surface area (Å²) >= 11 is 0. The number of hydrogen-bond acceptors (Lipinski definition) is 3. The SMILES string of the molecule is CC(=O)N1CCN(CC#N)C(C)C1. The number of hydrogen-bond donors (Lipinski definition) is 0. The molecule has 4 nitrogen and oxygen atoms in total. The summed E-state index contributed by atoms with van der Waals surface area (Å²) in [5.74, 6) is 0.128. The molecule has 1 aliphatic rings. The summed E-state index contributed by atoms with van der Waals surface area (Å²) in [7, 11) is 0. The van der Waals surface area contributed by atoms with Crippen molar-refractivity contribution in [1.29, 1.82) is 5.26 Å². The van der Waals surface area contributed by atoms with Crippen molar-refractivity contribution in [2.24, 2.45) is 0 Å². The van der Waals surface area contributed by atoms with Gasteiger partial charge in [-0.15, -0.1) is 0 Å². The van der Waals surface area contributed by atoms with Crippen LogP contribution < -0.4 is 0 Å². The van der Waals surface area contributed by atoms with Crippen LogP contribution in [-0.4, -0.2) is 47.9 Å². The second-order valence-electron chi connectivity index (χ2n) is 3.44. The molecule has 1 heterocycles. The summed E-state index contributed by atoms with van der Waals surface area (Å²) < 4.78 is 0. The molecule has 0 saturated carbocycles. The summed E-state index contributed by atoms with van der Waals surface area (Å²) in [4.78, 5) is 15.0. The van der Waals surface area contributed by atoms with Crippen molar-refractivity contribution in [3.05, 3.63) is 0 Å². The van der Waals surface area contributed by atoms with Crippen LogP contribution in [0.15, 0.2) is 0 Å². The summed E-state index contributed by atoms with van der Waals surface area (Å²) in [5, 5.41) is 8.54. The Balaban J connectivity index is 2.47. The second kappa shape index (κ2) is 4.24. The lowest BCUT2D eigenvalue weighted by Gasteiger charge is -2.38. The zero-order valence-corrected chi connectivity index (χ0v) is 8.16. The van der Waals surface area contributed by atoms with Gasteiger partial charge in [0.2, 0.25) is 5.91 Å². The molecule has 13 heavy (non-hydrogen) atoms. The van der Waals surface area contributed by atoms with Crippen molar-refractivity contribution in [1.82, 2.24) is 9.80 Å².